The Morgan fingerprint density at radius 1 is 1.42 bits per heavy atom. The van der Waals surface area contributed by atoms with Crippen molar-refractivity contribution in [1.29, 1.82) is 0 Å². The van der Waals surface area contributed by atoms with Crippen LogP contribution in [0.3, 0.4) is 0 Å². The first-order chi connectivity index (χ1) is 9.11. The molecule has 0 amide bonds. The second-order valence-electron chi connectivity index (χ2n) is 5.69. The van der Waals surface area contributed by atoms with E-state index in [1.165, 1.54) is 12.8 Å². The molecule has 1 heterocycles. The van der Waals surface area contributed by atoms with E-state index < -0.39 is 0 Å². The number of ether oxygens (including phenoxy) is 1. The molecule has 0 saturated heterocycles. The molecule has 0 radical (unpaired) electrons. The van der Waals surface area contributed by atoms with Crippen LogP contribution in [0.15, 0.2) is 12.1 Å². The summed E-state index contributed by atoms with van der Waals surface area (Å²) in [7, 11) is 0. The van der Waals surface area contributed by atoms with Gasteiger partial charge in [0.1, 0.15) is 5.82 Å². The van der Waals surface area contributed by atoms with Crippen LogP contribution in [-0.4, -0.2) is 24.2 Å². The summed E-state index contributed by atoms with van der Waals surface area (Å²) in [6.45, 7) is 8.25. The van der Waals surface area contributed by atoms with Gasteiger partial charge in [-0.15, -0.1) is 0 Å². The maximum Gasteiger partial charge on any atom is 0.239 e. The molecule has 1 aliphatic rings. The quantitative estimate of drug-likeness (QED) is 0.821. The molecule has 0 aromatic carbocycles. The number of aromatic nitrogens is 1. The zero-order valence-corrected chi connectivity index (χ0v) is 12.2. The zero-order chi connectivity index (χ0) is 13.8. The number of hydrogen-bond donors (Lipinski definition) is 1. The van der Waals surface area contributed by atoms with Crippen molar-refractivity contribution in [1.82, 2.24) is 4.98 Å². The van der Waals surface area contributed by atoms with Crippen LogP contribution in [0.25, 0.3) is 0 Å². The van der Waals surface area contributed by atoms with E-state index in [9.17, 15) is 0 Å². The van der Waals surface area contributed by atoms with E-state index in [0.29, 0.717) is 30.1 Å². The summed E-state index contributed by atoms with van der Waals surface area (Å²) in [4.78, 5) is 6.99. The monoisotopic (exact) mass is 263 g/mol. The molecular formula is C15H25N3O. The number of hydrogen-bond acceptors (Lipinski definition) is 4. The van der Waals surface area contributed by atoms with E-state index in [-0.39, 0.29) is 0 Å². The molecule has 0 aliphatic heterocycles. The van der Waals surface area contributed by atoms with Gasteiger partial charge in [0.25, 0.3) is 0 Å². The molecular weight excluding hydrogens is 238 g/mol. The summed E-state index contributed by atoms with van der Waals surface area (Å²) in [6.07, 6.45) is 3.50. The van der Waals surface area contributed by atoms with Gasteiger partial charge in [-0.2, -0.15) is 4.98 Å². The minimum atomic E-state index is 0.578. The Bertz CT molecular complexity index is 416. The molecule has 2 N–H and O–H groups in total. The Morgan fingerprint density at radius 3 is 2.74 bits per heavy atom. The molecule has 106 valence electrons. The van der Waals surface area contributed by atoms with Gasteiger partial charge in [0.2, 0.25) is 5.88 Å². The van der Waals surface area contributed by atoms with Gasteiger partial charge in [-0.3, -0.25) is 0 Å². The van der Waals surface area contributed by atoms with Crippen LogP contribution in [-0.2, 0) is 0 Å². The molecule has 1 fully saturated rings. The molecule has 4 nitrogen and oxygen atoms in total. The molecule has 0 unspecified atom stereocenters. The summed E-state index contributed by atoms with van der Waals surface area (Å²) in [5.74, 6) is 2.20. The minimum absolute atomic E-state index is 0.578. The Morgan fingerprint density at radius 2 is 2.16 bits per heavy atom. The maximum atomic E-state index is 5.92. The van der Waals surface area contributed by atoms with Gasteiger partial charge in [-0.1, -0.05) is 20.8 Å². The van der Waals surface area contributed by atoms with Crippen molar-refractivity contribution in [3.8, 4) is 5.88 Å². The van der Waals surface area contributed by atoms with Gasteiger partial charge in [0, 0.05) is 12.6 Å². The molecule has 1 aromatic heterocycles. The Hall–Kier alpha value is -1.45. The van der Waals surface area contributed by atoms with E-state index in [4.69, 9.17) is 10.5 Å². The van der Waals surface area contributed by atoms with Crippen molar-refractivity contribution in [2.45, 2.75) is 46.1 Å². The molecule has 4 heteroatoms. The molecule has 1 aliphatic carbocycles. The third-order valence-corrected chi connectivity index (χ3v) is 3.16. The van der Waals surface area contributed by atoms with E-state index in [1.807, 2.05) is 12.1 Å². The number of nitrogens with two attached hydrogens (primary N) is 1. The highest BCUT2D eigenvalue weighted by Crippen LogP contribution is 2.33. The Kier molecular flexibility index (Phi) is 4.51. The standard InChI is InChI=1S/C15H25N3O/c1-4-9-19-15-13(16)7-8-14(17-15)18(10-11(2)3)12-5-6-12/h7-8,11-12H,4-6,9-10,16H2,1-3H3. The van der Waals surface area contributed by atoms with Crippen LogP contribution >= 0.6 is 0 Å². The second-order valence-corrected chi connectivity index (χ2v) is 5.69. The van der Waals surface area contributed by atoms with Crippen molar-refractivity contribution in [2.24, 2.45) is 5.92 Å². The average Bonchev–Trinajstić information content (AvgIpc) is 3.19. The van der Waals surface area contributed by atoms with Crippen molar-refractivity contribution >= 4 is 11.5 Å². The number of pyridine rings is 1. The number of nitrogens with zero attached hydrogens (tertiary/aromatic N) is 2. The molecule has 19 heavy (non-hydrogen) atoms. The summed E-state index contributed by atoms with van der Waals surface area (Å²) >= 11 is 0. The topological polar surface area (TPSA) is 51.4 Å². The summed E-state index contributed by atoms with van der Waals surface area (Å²) in [5.41, 5.74) is 6.54. The first-order valence-corrected chi connectivity index (χ1v) is 7.27. The molecule has 0 atom stereocenters. The third kappa shape index (κ3) is 3.75. The largest absolute Gasteiger partial charge is 0.476 e. The lowest BCUT2D eigenvalue weighted by Crippen LogP contribution is -2.30. The highest BCUT2D eigenvalue weighted by Gasteiger charge is 2.30. The van der Waals surface area contributed by atoms with Crippen molar-refractivity contribution in [2.75, 3.05) is 23.8 Å². The van der Waals surface area contributed by atoms with Gasteiger partial charge in [-0.25, -0.2) is 0 Å². The fraction of sp³-hybridized carbons (Fsp3) is 0.667. The normalized spacial score (nSPS) is 14.7. The van der Waals surface area contributed by atoms with Gasteiger partial charge in [-0.05, 0) is 37.3 Å². The lowest BCUT2D eigenvalue weighted by Gasteiger charge is -2.26. The van der Waals surface area contributed by atoms with Crippen molar-refractivity contribution in [3.63, 3.8) is 0 Å². The smallest absolute Gasteiger partial charge is 0.239 e. The predicted octanol–water partition coefficient (Wildman–Crippen LogP) is 3.08. The number of rotatable bonds is 7. The SMILES string of the molecule is CCCOc1nc(N(CC(C)C)C2CC2)ccc1N. The maximum absolute atomic E-state index is 5.92. The third-order valence-electron chi connectivity index (χ3n) is 3.16. The lowest BCUT2D eigenvalue weighted by atomic mass is 10.2. The van der Waals surface area contributed by atoms with Gasteiger partial charge < -0.3 is 15.4 Å². The highest BCUT2D eigenvalue weighted by atomic mass is 16.5. The van der Waals surface area contributed by atoms with E-state index in [0.717, 1.165) is 18.8 Å². The van der Waals surface area contributed by atoms with E-state index in [1.54, 1.807) is 0 Å². The van der Waals surface area contributed by atoms with Gasteiger partial charge >= 0.3 is 0 Å². The highest BCUT2D eigenvalue weighted by molar-refractivity contribution is 5.55. The Balaban J connectivity index is 2.17. The van der Waals surface area contributed by atoms with Gasteiger partial charge in [0.15, 0.2) is 0 Å². The van der Waals surface area contributed by atoms with E-state index in [2.05, 4.69) is 30.7 Å². The van der Waals surface area contributed by atoms with Crippen LogP contribution in [0.2, 0.25) is 0 Å². The van der Waals surface area contributed by atoms with Crippen LogP contribution in [0.4, 0.5) is 11.5 Å². The second kappa shape index (κ2) is 6.13. The lowest BCUT2D eigenvalue weighted by molar-refractivity contribution is 0.307. The summed E-state index contributed by atoms with van der Waals surface area (Å²) in [6, 6.07) is 4.57. The predicted molar refractivity (Wildman–Crippen MR) is 79.6 cm³/mol. The van der Waals surface area contributed by atoms with Crippen molar-refractivity contribution < 1.29 is 4.74 Å². The van der Waals surface area contributed by atoms with Crippen molar-refractivity contribution in [3.05, 3.63) is 12.1 Å². The first kappa shape index (κ1) is 14.0. The van der Waals surface area contributed by atoms with E-state index >= 15 is 0 Å². The fourth-order valence-corrected chi connectivity index (χ4v) is 2.13. The van der Waals surface area contributed by atoms with Crippen LogP contribution in [0, 0.1) is 5.92 Å². The van der Waals surface area contributed by atoms with Crippen LogP contribution in [0.1, 0.15) is 40.0 Å². The van der Waals surface area contributed by atoms with Gasteiger partial charge in [0.05, 0.1) is 12.3 Å². The fourth-order valence-electron chi connectivity index (χ4n) is 2.13. The Labute approximate surface area is 116 Å². The zero-order valence-electron chi connectivity index (χ0n) is 12.2. The molecule has 0 spiro atoms. The van der Waals surface area contributed by atoms with Crippen LogP contribution < -0.4 is 15.4 Å². The summed E-state index contributed by atoms with van der Waals surface area (Å²) in [5, 5.41) is 0. The minimum Gasteiger partial charge on any atom is -0.476 e. The molecule has 1 saturated carbocycles. The summed E-state index contributed by atoms with van der Waals surface area (Å²) < 4.78 is 5.62. The first-order valence-electron chi connectivity index (χ1n) is 7.27. The number of nitrogen functional groups attached to an aromatic ring is 1. The molecule has 2 rings (SSSR count). The molecule has 0 bridgehead atoms. The average molecular weight is 263 g/mol. The van der Waals surface area contributed by atoms with Crippen LogP contribution in [0.5, 0.6) is 5.88 Å². The molecule has 1 aromatic rings. The number of anilines is 2.